The number of halogens is 2. The number of hydrogen-bond acceptors (Lipinski definition) is 3. The molecule has 0 unspecified atom stereocenters. The van der Waals surface area contributed by atoms with Gasteiger partial charge in [0.25, 0.3) is 0 Å². The molecule has 0 aliphatic rings. The van der Waals surface area contributed by atoms with Gasteiger partial charge in [-0.15, -0.1) is 12.6 Å². The van der Waals surface area contributed by atoms with Crippen LogP contribution in [0.5, 0.6) is 0 Å². The summed E-state index contributed by atoms with van der Waals surface area (Å²) >= 11 is 9.94. The van der Waals surface area contributed by atoms with Crippen molar-refractivity contribution in [3.63, 3.8) is 0 Å². The van der Waals surface area contributed by atoms with Gasteiger partial charge in [0.15, 0.2) is 5.16 Å². The van der Waals surface area contributed by atoms with Gasteiger partial charge in [0, 0.05) is 18.9 Å². The van der Waals surface area contributed by atoms with Gasteiger partial charge in [-0.3, -0.25) is 0 Å². The number of nitrogens with two attached hydrogens (primary N) is 1. The van der Waals surface area contributed by atoms with Gasteiger partial charge >= 0.3 is 0 Å². The third kappa shape index (κ3) is 2.15. The summed E-state index contributed by atoms with van der Waals surface area (Å²) in [5, 5.41) is 0.782. The summed E-state index contributed by atoms with van der Waals surface area (Å²) in [4.78, 5) is 3.95. The third-order valence-corrected chi connectivity index (χ3v) is 2.87. The Balaban J connectivity index is 2.33. The maximum absolute atomic E-state index is 13.3. The van der Waals surface area contributed by atoms with E-state index in [1.54, 1.807) is 23.0 Å². The van der Waals surface area contributed by atoms with Gasteiger partial charge in [-0.25, -0.2) is 9.37 Å². The van der Waals surface area contributed by atoms with Crippen LogP contribution in [0.15, 0.2) is 29.7 Å². The molecule has 1 aromatic carbocycles. The second kappa shape index (κ2) is 4.35. The van der Waals surface area contributed by atoms with Gasteiger partial charge < -0.3 is 10.3 Å². The number of imidazole rings is 1. The molecule has 0 saturated carbocycles. The van der Waals surface area contributed by atoms with Crippen LogP contribution in [-0.2, 0) is 6.54 Å². The Morgan fingerprint density at radius 1 is 1.50 bits per heavy atom. The summed E-state index contributed by atoms with van der Waals surface area (Å²) in [7, 11) is 0. The number of hydrogen-bond donors (Lipinski definition) is 2. The fourth-order valence-corrected chi connectivity index (χ4v) is 1.80. The van der Waals surface area contributed by atoms with Crippen molar-refractivity contribution in [3.05, 3.63) is 40.9 Å². The first kappa shape index (κ1) is 11.3. The molecule has 0 spiro atoms. The molecule has 0 amide bonds. The Labute approximate surface area is 102 Å². The fourth-order valence-electron chi connectivity index (χ4n) is 1.37. The summed E-state index contributed by atoms with van der Waals surface area (Å²) in [6, 6.07) is 2.99. The second-order valence-electron chi connectivity index (χ2n) is 3.33. The van der Waals surface area contributed by atoms with E-state index in [0.29, 0.717) is 17.3 Å². The zero-order valence-electron chi connectivity index (χ0n) is 8.19. The maximum atomic E-state index is 13.3. The van der Waals surface area contributed by atoms with E-state index in [4.69, 9.17) is 17.3 Å². The predicted octanol–water partition coefficient (Wildman–Crippen LogP) is 2.59. The van der Waals surface area contributed by atoms with E-state index in [1.807, 2.05) is 0 Å². The number of rotatable bonds is 2. The molecule has 2 N–H and O–H groups in total. The molecule has 1 heterocycles. The molecule has 3 nitrogen and oxygen atoms in total. The highest BCUT2D eigenvalue weighted by molar-refractivity contribution is 7.80. The summed E-state index contributed by atoms with van der Waals surface area (Å²) in [6.07, 6.45) is 3.38. The fraction of sp³-hybridized carbons (Fsp3) is 0.100. The Hall–Kier alpha value is -1.20. The van der Waals surface area contributed by atoms with Crippen LogP contribution in [0.2, 0.25) is 5.02 Å². The molecule has 0 aliphatic carbocycles. The average Bonchev–Trinajstić information content (AvgIpc) is 2.61. The summed E-state index contributed by atoms with van der Waals surface area (Å²) in [6.45, 7) is 0.454. The summed E-state index contributed by atoms with van der Waals surface area (Å²) < 4.78 is 15.1. The molecule has 2 rings (SSSR count). The number of benzene rings is 1. The van der Waals surface area contributed by atoms with Gasteiger partial charge in [-0.05, 0) is 17.7 Å². The molecular weight excluding hydrogens is 249 g/mol. The van der Waals surface area contributed by atoms with Gasteiger partial charge in [0.2, 0.25) is 0 Å². The highest BCUT2D eigenvalue weighted by Gasteiger charge is 2.07. The van der Waals surface area contributed by atoms with Crippen LogP contribution in [0.3, 0.4) is 0 Å². The van der Waals surface area contributed by atoms with Crippen molar-refractivity contribution in [1.82, 2.24) is 9.55 Å². The van der Waals surface area contributed by atoms with Crippen molar-refractivity contribution >= 4 is 29.9 Å². The van der Waals surface area contributed by atoms with Gasteiger partial charge in [-0.2, -0.15) is 0 Å². The van der Waals surface area contributed by atoms with Crippen molar-refractivity contribution in [2.75, 3.05) is 5.73 Å². The average molecular weight is 258 g/mol. The smallest absolute Gasteiger partial charge is 0.165 e. The van der Waals surface area contributed by atoms with Gasteiger partial charge in [0.05, 0.1) is 10.7 Å². The van der Waals surface area contributed by atoms with Gasteiger partial charge in [-0.1, -0.05) is 11.6 Å². The lowest BCUT2D eigenvalue weighted by Crippen LogP contribution is -2.01. The first-order chi connectivity index (χ1) is 7.58. The molecule has 6 heteroatoms. The minimum absolute atomic E-state index is 0.0258. The zero-order valence-corrected chi connectivity index (χ0v) is 9.84. The monoisotopic (exact) mass is 257 g/mol. The third-order valence-electron chi connectivity index (χ3n) is 2.19. The van der Waals surface area contributed by atoms with E-state index in [1.165, 1.54) is 6.07 Å². The van der Waals surface area contributed by atoms with Crippen LogP contribution in [0.1, 0.15) is 5.56 Å². The van der Waals surface area contributed by atoms with Crippen molar-refractivity contribution < 1.29 is 4.39 Å². The van der Waals surface area contributed by atoms with Crippen LogP contribution in [0.25, 0.3) is 0 Å². The molecule has 0 radical (unpaired) electrons. The van der Waals surface area contributed by atoms with E-state index in [0.717, 1.165) is 0 Å². The number of aromatic nitrogens is 2. The number of thiol groups is 1. The molecule has 1 aromatic heterocycles. The van der Waals surface area contributed by atoms with E-state index < -0.39 is 5.82 Å². The van der Waals surface area contributed by atoms with Gasteiger partial charge in [0.1, 0.15) is 5.82 Å². The Morgan fingerprint density at radius 3 is 2.81 bits per heavy atom. The maximum Gasteiger partial charge on any atom is 0.165 e. The predicted molar refractivity (Wildman–Crippen MR) is 64.4 cm³/mol. The van der Waals surface area contributed by atoms with Crippen molar-refractivity contribution in [1.29, 1.82) is 0 Å². The molecule has 0 saturated heterocycles. The second-order valence-corrected chi connectivity index (χ2v) is 4.14. The first-order valence-electron chi connectivity index (χ1n) is 4.51. The highest BCUT2D eigenvalue weighted by Crippen LogP contribution is 2.24. The highest BCUT2D eigenvalue weighted by atomic mass is 35.5. The molecule has 84 valence electrons. The summed E-state index contributed by atoms with van der Waals surface area (Å²) in [5.74, 6) is -0.511. The normalized spacial score (nSPS) is 10.7. The zero-order chi connectivity index (χ0) is 11.7. The summed E-state index contributed by atoms with van der Waals surface area (Å²) in [5.41, 5.74) is 6.10. The SMILES string of the molecule is Nc1c(F)cc(Cn2ccnc2S)cc1Cl. The van der Waals surface area contributed by atoms with Crippen LogP contribution in [0, 0.1) is 5.82 Å². The Kier molecular flexibility index (Phi) is 3.07. The lowest BCUT2D eigenvalue weighted by atomic mass is 10.2. The van der Waals surface area contributed by atoms with Crippen LogP contribution in [-0.4, -0.2) is 9.55 Å². The Morgan fingerprint density at radius 2 is 2.25 bits per heavy atom. The number of nitrogen functional groups attached to an aromatic ring is 1. The van der Waals surface area contributed by atoms with Crippen molar-refractivity contribution in [2.45, 2.75) is 11.7 Å². The quantitative estimate of drug-likeness (QED) is 0.642. The molecule has 0 atom stereocenters. The van der Waals surface area contributed by atoms with Crippen molar-refractivity contribution in [3.8, 4) is 0 Å². The van der Waals surface area contributed by atoms with E-state index in [-0.39, 0.29) is 10.7 Å². The molecule has 2 aromatic rings. The molecule has 0 aliphatic heterocycles. The molecule has 0 fully saturated rings. The van der Waals surface area contributed by atoms with Crippen LogP contribution < -0.4 is 5.73 Å². The van der Waals surface area contributed by atoms with Crippen LogP contribution in [0.4, 0.5) is 10.1 Å². The van der Waals surface area contributed by atoms with Crippen LogP contribution >= 0.6 is 24.2 Å². The first-order valence-corrected chi connectivity index (χ1v) is 5.34. The largest absolute Gasteiger partial charge is 0.395 e. The standard InChI is InChI=1S/C10H9ClFN3S/c11-7-3-6(4-8(12)9(7)13)5-15-2-1-14-10(15)16/h1-4H,5,13H2,(H,14,16). The lowest BCUT2D eigenvalue weighted by molar-refractivity contribution is 0.625. The lowest BCUT2D eigenvalue weighted by Gasteiger charge is -2.07. The van der Waals surface area contributed by atoms with Crippen molar-refractivity contribution in [2.24, 2.45) is 0 Å². The van der Waals surface area contributed by atoms with E-state index in [9.17, 15) is 4.39 Å². The minimum atomic E-state index is -0.511. The number of nitrogens with zero attached hydrogens (tertiary/aromatic N) is 2. The Bertz CT molecular complexity index is 504. The minimum Gasteiger partial charge on any atom is -0.395 e. The number of anilines is 1. The molecular formula is C10H9ClFN3S. The molecule has 0 bridgehead atoms. The van der Waals surface area contributed by atoms with E-state index in [2.05, 4.69) is 17.6 Å². The molecule has 16 heavy (non-hydrogen) atoms. The van der Waals surface area contributed by atoms with E-state index >= 15 is 0 Å². The topological polar surface area (TPSA) is 43.8 Å².